The van der Waals surface area contributed by atoms with E-state index in [4.69, 9.17) is 4.99 Å². The van der Waals surface area contributed by atoms with Crippen LogP contribution in [0, 0.1) is 0 Å². The smallest absolute Gasteiger partial charge is 0.191 e. The molecule has 1 aromatic heterocycles. The first-order valence-corrected chi connectivity index (χ1v) is 9.29. The number of nitrogens with zero attached hydrogens (tertiary/aromatic N) is 3. The Kier molecular flexibility index (Phi) is 7.66. The van der Waals surface area contributed by atoms with Crippen molar-refractivity contribution < 1.29 is 0 Å². The topological polar surface area (TPSA) is 66.3 Å². The molecular formula is C20H32N6. The molecule has 1 aromatic carbocycles. The van der Waals surface area contributed by atoms with E-state index in [-0.39, 0.29) is 5.54 Å². The lowest BCUT2D eigenvalue weighted by molar-refractivity contribution is 0.428. The van der Waals surface area contributed by atoms with E-state index in [1.54, 1.807) is 6.20 Å². The second kappa shape index (κ2) is 9.97. The van der Waals surface area contributed by atoms with Crippen LogP contribution < -0.4 is 16.0 Å². The molecule has 142 valence electrons. The molecule has 0 aliphatic heterocycles. The van der Waals surface area contributed by atoms with Crippen LogP contribution in [0.5, 0.6) is 0 Å². The fraction of sp³-hybridized carbons (Fsp3) is 0.500. The summed E-state index contributed by atoms with van der Waals surface area (Å²) in [6.45, 7) is 12.6. The van der Waals surface area contributed by atoms with Crippen molar-refractivity contribution in [1.82, 2.24) is 25.7 Å². The number of aromatic nitrogens is 2. The van der Waals surface area contributed by atoms with E-state index in [1.165, 1.54) is 11.1 Å². The van der Waals surface area contributed by atoms with E-state index >= 15 is 0 Å². The summed E-state index contributed by atoms with van der Waals surface area (Å²) in [4.78, 5) is 4.74. The molecular weight excluding hydrogens is 324 g/mol. The molecule has 6 heteroatoms. The van der Waals surface area contributed by atoms with Crippen molar-refractivity contribution in [1.29, 1.82) is 0 Å². The van der Waals surface area contributed by atoms with Crippen molar-refractivity contribution >= 4 is 5.96 Å². The Balaban J connectivity index is 1.96. The van der Waals surface area contributed by atoms with E-state index < -0.39 is 0 Å². The van der Waals surface area contributed by atoms with Crippen molar-refractivity contribution in [2.45, 2.75) is 46.3 Å². The Bertz CT molecular complexity index is 670. The maximum Gasteiger partial charge on any atom is 0.191 e. The number of rotatable bonds is 8. The second-order valence-corrected chi connectivity index (χ2v) is 7.27. The van der Waals surface area contributed by atoms with Gasteiger partial charge in [0.15, 0.2) is 5.96 Å². The highest BCUT2D eigenvalue weighted by Gasteiger charge is 2.08. The van der Waals surface area contributed by atoms with Crippen molar-refractivity contribution in [2.75, 3.05) is 19.6 Å². The van der Waals surface area contributed by atoms with Crippen LogP contribution in [0.25, 0.3) is 0 Å². The largest absolute Gasteiger partial charge is 0.357 e. The van der Waals surface area contributed by atoms with Gasteiger partial charge in [0.1, 0.15) is 0 Å². The third-order valence-corrected chi connectivity index (χ3v) is 3.83. The lowest BCUT2D eigenvalue weighted by Crippen LogP contribution is -2.44. The molecule has 26 heavy (non-hydrogen) atoms. The van der Waals surface area contributed by atoms with Crippen LogP contribution in [0.1, 0.15) is 38.8 Å². The van der Waals surface area contributed by atoms with Gasteiger partial charge < -0.3 is 16.0 Å². The van der Waals surface area contributed by atoms with Gasteiger partial charge in [0, 0.05) is 37.6 Å². The summed E-state index contributed by atoms with van der Waals surface area (Å²) in [7, 11) is 0. The van der Waals surface area contributed by atoms with Gasteiger partial charge in [-0.1, -0.05) is 24.3 Å². The molecule has 0 aliphatic rings. The zero-order valence-electron chi connectivity index (χ0n) is 16.4. The van der Waals surface area contributed by atoms with Crippen molar-refractivity contribution in [3.63, 3.8) is 0 Å². The highest BCUT2D eigenvalue weighted by molar-refractivity contribution is 5.79. The minimum absolute atomic E-state index is 0.128. The van der Waals surface area contributed by atoms with Gasteiger partial charge >= 0.3 is 0 Å². The summed E-state index contributed by atoms with van der Waals surface area (Å²) in [6, 6.07) is 10.3. The highest BCUT2D eigenvalue weighted by atomic mass is 15.3. The molecule has 0 bridgehead atoms. The minimum Gasteiger partial charge on any atom is -0.357 e. The molecule has 0 saturated heterocycles. The van der Waals surface area contributed by atoms with Gasteiger partial charge in [-0.15, -0.1) is 0 Å². The monoisotopic (exact) mass is 356 g/mol. The van der Waals surface area contributed by atoms with Crippen LogP contribution in [0.3, 0.4) is 0 Å². The van der Waals surface area contributed by atoms with Crippen molar-refractivity contribution in [2.24, 2.45) is 4.99 Å². The fourth-order valence-corrected chi connectivity index (χ4v) is 2.56. The van der Waals surface area contributed by atoms with Crippen LogP contribution >= 0.6 is 0 Å². The molecule has 0 aliphatic carbocycles. The average molecular weight is 357 g/mol. The molecule has 0 spiro atoms. The summed E-state index contributed by atoms with van der Waals surface area (Å²) in [5.41, 5.74) is 2.58. The maximum atomic E-state index is 4.74. The molecule has 1 heterocycles. The van der Waals surface area contributed by atoms with Crippen molar-refractivity contribution in [3.05, 3.63) is 53.9 Å². The number of hydrogen-bond acceptors (Lipinski definition) is 3. The summed E-state index contributed by atoms with van der Waals surface area (Å²) in [5, 5.41) is 14.5. The molecule has 3 N–H and O–H groups in total. The summed E-state index contributed by atoms with van der Waals surface area (Å²) >= 11 is 0. The van der Waals surface area contributed by atoms with Gasteiger partial charge in [-0.25, -0.2) is 4.99 Å². The van der Waals surface area contributed by atoms with Gasteiger partial charge in [-0.3, -0.25) is 4.68 Å². The number of aliphatic imine (C=N–C) groups is 1. The molecule has 2 rings (SSSR count). The Morgan fingerprint density at radius 1 is 1.08 bits per heavy atom. The van der Waals surface area contributed by atoms with E-state index in [9.17, 15) is 0 Å². The van der Waals surface area contributed by atoms with Crippen LogP contribution in [0.4, 0.5) is 0 Å². The highest BCUT2D eigenvalue weighted by Crippen LogP contribution is 2.11. The predicted molar refractivity (Wildman–Crippen MR) is 108 cm³/mol. The van der Waals surface area contributed by atoms with E-state index in [0.717, 1.165) is 32.1 Å². The minimum atomic E-state index is 0.128. The second-order valence-electron chi connectivity index (χ2n) is 7.27. The molecule has 0 unspecified atom stereocenters. The molecule has 0 fully saturated rings. The van der Waals surface area contributed by atoms with Gasteiger partial charge in [-0.05, 0) is 44.9 Å². The lowest BCUT2D eigenvalue weighted by atomic mass is 10.1. The molecule has 6 nitrogen and oxygen atoms in total. The maximum absolute atomic E-state index is 4.74. The summed E-state index contributed by atoms with van der Waals surface area (Å²) in [5.74, 6) is 0.845. The quantitative estimate of drug-likeness (QED) is 0.386. The van der Waals surface area contributed by atoms with Crippen LogP contribution in [0.15, 0.2) is 47.7 Å². The number of benzene rings is 1. The van der Waals surface area contributed by atoms with Gasteiger partial charge in [0.2, 0.25) is 0 Å². The predicted octanol–water partition coefficient (Wildman–Crippen LogP) is 2.37. The van der Waals surface area contributed by atoms with Crippen LogP contribution in [-0.4, -0.2) is 40.9 Å². The zero-order valence-corrected chi connectivity index (χ0v) is 16.4. The first-order valence-electron chi connectivity index (χ1n) is 9.29. The van der Waals surface area contributed by atoms with E-state index in [1.807, 2.05) is 16.9 Å². The van der Waals surface area contributed by atoms with Gasteiger partial charge in [0.25, 0.3) is 0 Å². The Morgan fingerprint density at radius 3 is 2.50 bits per heavy atom. The van der Waals surface area contributed by atoms with Crippen LogP contribution in [0.2, 0.25) is 0 Å². The summed E-state index contributed by atoms with van der Waals surface area (Å²) in [6.07, 6.45) is 3.79. The normalized spacial score (nSPS) is 12.2. The number of nitrogens with one attached hydrogen (secondary N) is 3. The molecule has 0 atom stereocenters. The average Bonchev–Trinajstić information content (AvgIpc) is 3.10. The molecule has 2 aromatic rings. The Labute approximate surface area is 157 Å². The Morgan fingerprint density at radius 2 is 1.85 bits per heavy atom. The fourth-order valence-electron chi connectivity index (χ4n) is 2.56. The van der Waals surface area contributed by atoms with Gasteiger partial charge in [-0.2, -0.15) is 5.10 Å². The number of guanidine groups is 1. The van der Waals surface area contributed by atoms with Crippen LogP contribution in [-0.2, 0) is 13.1 Å². The number of hydrogen-bond donors (Lipinski definition) is 3. The third kappa shape index (κ3) is 7.27. The SMILES string of the molecule is CCNC(=NCc1ccccc1Cn1cccn1)NCCNC(C)(C)C. The lowest BCUT2D eigenvalue weighted by Gasteiger charge is -2.21. The van der Waals surface area contributed by atoms with E-state index in [2.05, 4.69) is 73.0 Å². The van der Waals surface area contributed by atoms with Gasteiger partial charge in [0.05, 0.1) is 13.1 Å². The standard InChI is InChI=1S/C20H32N6/c1-5-21-19(22-12-13-24-20(2,3)4)23-15-17-9-6-7-10-18(17)16-26-14-8-11-25-26/h6-11,14,24H,5,12-13,15-16H2,1-4H3,(H2,21,22,23). The molecule has 0 saturated carbocycles. The zero-order chi connectivity index (χ0) is 18.8. The molecule has 0 amide bonds. The van der Waals surface area contributed by atoms with Crippen molar-refractivity contribution in [3.8, 4) is 0 Å². The third-order valence-electron chi connectivity index (χ3n) is 3.83. The summed E-state index contributed by atoms with van der Waals surface area (Å²) < 4.78 is 1.93. The van der Waals surface area contributed by atoms with E-state index in [0.29, 0.717) is 6.54 Å². The first-order chi connectivity index (χ1) is 12.5. The molecule has 0 radical (unpaired) electrons. The Hall–Kier alpha value is -2.34. The first kappa shape index (κ1) is 20.0.